The van der Waals surface area contributed by atoms with Crippen LogP contribution >= 0.6 is 0 Å². The highest BCUT2D eigenvalue weighted by Gasteiger charge is 2.40. The molecule has 5 heteroatoms. The Morgan fingerprint density at radius 3 is 2.43 bits per heavy atom. The van der Waals surface area contributed by atoms with Crippen LogP contribution in [-0.2, 0) is 9.59 Å². The highest BCUT2D eigenvalue weighted by atomic mass is 16.4. The molecule has 1 amide bonds. The summed E-state index contributed by atoms with van der Waals surface area (Å²) in [4.78, 5) is 23.3. The Morgan fingerprint density at radius 1 is 1.50 bits per heavy atom. The third-order valence-electron chi connectivity index (χ3n) is 2.79. The van der Waals surface area contributed by atoms with Gasteiger partial charge in [0.05, 0.1) is 12.5 Å². The molecule has 0 aliphatic heterocycles. The fraction of sp³-hybridized carbons (Fsp3) is 0.778. The summed E-state index contributed by atoms with van der Waals surface area (Å²) in [7, 11) is 0. The minimum Gasteiger partial charge on any atom is -0.481 e. The van der Waals surface area contributed by atoms with E-state index in [9.17, 15) is 9.59 Å². The lowest BCUT2D eigenvalue weighted by Gasteiger charge is -2.41. The van der Waals surface area contributed by atoms with Crippen LogP contribution in [0.25, 0.3) is 0 Å². The van der Waals surface area contributed by atoms with Crippen LogP contribution in [0.5, 0.6) is 0 Å². The molecule has 80 valence electrons. The summed E-state index contributed by atoms with van der Waals surface area (Å²) in [6.07, 6.45) is 1.55. The number of nitrogens with zero attached hydrogens (tertiary/aromatic N) is 1. The van der Waals surface area contributed by atoms with Gasteiger partial charge in [0.2, 0.25) is 5.91 Å². The molecular formula is C9H16N2O3. The molecule has 0 spiro atoms. The van der Waals surface area contributed by atoms with Gasteiger partial charge >= 0.3 is 5.97 Å². The molecule has 1 aliphatic rings. The van der Waals surface area contributed by atoms with Crippen molar-refractivity contribution in [3.63, 3.8) is 0 Å². The third kappa shape index (κ3) is 2.23. The Labute approximate surface area is 82.9 Å². The van der Waals surface area contributed by atoms with Gasteiger partial charge < -0.3 is 10.8 Å². The van der Waals surface area contributed by atoms with Crippen molar-refractivity contribution in [3.8, 4) is 0 Å². The molecule has 0 aromatic carbocycles. The fourth-order valence-corrected chi connectivity index (χ4v) is 1.87. The van der Waals surface area contributed by atoms with Crippen molar-refractivity contribution < 1.29 is 14.7 Å². The molecular weight excluding hydrogens is 184 g/mol. The normalized spacial score (nSPS) is 25.9. The zero-order valence-corrected chi connectivity index (χ0v) is 8.27. The molecule has 0 aromatic heterocycles. The second-order valence-corrected chi connectivity index (χ2v) is 3.62. The molecule has 1 saturated carbocycles. The van der Waals surface area contributed by atoms with Crippen LogP contribution in [0.3, 0.4) is 0 Å². The number of carboxylic acid groups (broad SMARTS) is 1. The number of likely N-dealkylation sites (N-methyl/N-ethyl adjacent to an activating group) is 1. The third-order valence-corrected chi connectivity index (χ3v) is 2.79. The predicted molar refractivity (Wildman–Crippen MR) is 50.6 cm³/mol. The first-order chi connectivity index (χ1) is 6.56. The molecule has 5 nitrogen and oxygen atoms in total. The zero-order chi connectivity index (χ0) is 10.7. The molecule has 14 heavy (non-hydrogen) atoms. The number of rotatable bonds is 5. The van der Waals surface area contributed by atoms with Crippen LogP contribution in [0.1, 0.15) is 19.8 Å². The van der Waals surface area contributed by atoms with Crippen molar-refractivity contribution in [2.45, 2.75) is 25.8 Å². The van der Waals surface area contributed by atoms with Crippen molar-refractivity contribution in [3.05, 3.63) is 0 Å². The number of carbonyl (C=O) groups excluding carboxylic acids is 1. The molecule has 2 atom stereocenters. The molecule has 0 heterocycles. The van der Waals surface area contributed by atoms with Crippen LogP contribution in [0.15, 0.2) is 0 Å². The summed E-state index contributed by atoms with van der Waals surface area (Å²) < 4.78 is 0. The maximum Gasteiger partial charge on any atom is 0.308 e. The lowest BCUT2D eigenvalue weighted by atomic mass is 9.78. The molecule has 0 saturated heterocycles. The second kappa shape index (κ2) is 4.41. The van der Waals surface area contributed by atoms with Gasteiger partial charge in [-0.25, -0.2) is 0 Å². The Hall–Kier alpha value is -1.10. The number of nitrogens with two attached hydrogens (primary N) is 1. The van der Waals surface area contributed by atoms with Crippen molar-refractivity contribution in [1.29, 1.82) is 0 Å². The molecule has 0 radical (unpaired) electrons. The first-order valence-corrected chi connectivity index (χ1v) is 4.81. The average Bonchev–Trinajstić information content (AvgIpc) is 1.98. The lowest BCUT2D eigenvalue weighted by molar-refractivity contribution is -0.149. The number of carboxylic acids is 1. The van der Waals surface area contributed by atoms with E-state index in [2.05, 4.69) is 0 Å². The number of hydrogen-bond donors (Lipinski definition) is 2. The van der Waals surface area contributed by atoms with Crippen LogP contribution in [0.2, 0.25) is 0 Å². The van der Waals surface area contributed by atoms with Gasteiger partial charge in [-0.2, -0.15) is 0 Å². The Bertz CT molecular complexity index is 240. The Balaban J connectivity index is 2.53. The Kier molecular flexibility index (Phi) is 3.46. The van der Waals surface area contributed by atoms with E-state index in [4.69, 9.17) is 10.8 Å². The van der Waals surface area contributed by atoms with E-state index >= 15 is 0 Å². The number of hydrogen-bond acceptors (Lipinski definition) is 3. The van der Waals surface area contributed by atoms with Gasteiger partial charge in [0.1, 0.15) is 0 Å². The highest BCUT2D eigenvalue weighted by Crippen LogP contribution is 2.31. The number of primary amides is 1. The van der Waals surface area contributed by atoms with Crippen LogP contribution in [0, 0.1) is 5.92 Å². The summed E-state index contributed by atoms with van der Waals surface area (Å²) in [6.45, 7) is 2.72. The molecule has 1 fully saturated rings. The first-order valence-electron chi connectivity index (χ1n) is 4.81. The predicted octanol–water partition coefficient (Wildman–Crippen LogP) is -0.343. The van der Waals surface area contributed by atoms with Crippen LogP contribution in [-0.4, -0.2) is 41.0 Å². The summed E-state index contributed by atoms with van der Waals surface area (Å²) in [5.41, 5.74) is 5.08. The minimum absolute atomic E-state index is 0.00926. The standard InChI is InChI=1S/C9H16N2O3/c1-2-11(5-8(10)12)7-4-3-6(7)9(13)14/h6-7H,2-5H2,1H3,(H2,10,12)(H,13,14). The summed E-state index contributed by atoms with van der Waals surface area (Å²) in [5, 5.41) is 8.84. The van der Waals surface area contributed by atoms with E-state index < -0.39 is 11.9 Å². The fourth-order valence-electron chi connectivity index (χ4n) is 1.87. The molecule has 1 rings (SSSR count). The minimum atomic E-state index is -0.774. The average molecular weight is 200 g/mol. The van der Waals surface area contributed by atoms with Crippen molar-refractivity contribution in [1.82, 2.24) is 4.90 Å². The van der Waals surface area contributed by atoms with Gasteiger partial charge in [0.25, 0.3) is 0 Å². The van der Waals surface area contributed by atoms with Gasteiger partial charge in [-0.05, 0) is 19.4 Å². The maximum atomic E-state index is 10.8. The molecule has 0 aromatic rings. The van der Waals surface area contributed by atoms with Gasteiger partial charge in [-0.15, -0.1) is 0 Å². The Morgan fingerprint density at radius 2 is 2.14 bits per heavy atom. The summed E-state index contributed by atoms with van der Waals surface area (Å²) in [5.74, 6) is -1.50. The number of amides is 1. The number of carbonyl (C=O) groups is 2. The quantitative estimate of drug-likeness (QED) is 0.635. The van der Waals surface area contributed by atoms with Gasteiger partial charge in [-0.1, -0.05) is 6.92 Å². The first kappa shape index (κ1) is 11.0. The smallest absolute Gasteiger partial charge is 0.308 e. The maximum absolute atomic E-state index is 10.8. The van der Waals surface area contributed by atoms with Crippen molar-refractivity contribution in [2.24, 2.45) is 11.7 Å². The van der Waals surface area contributed by atoms with E-state index in [-0.39, 0.29) is 18.5 Å². The van der Waals surface area contributed by atoms with Gasteiger partial charge in [0, 0.05) is 6.04 Å². The number of aliphatic carboxylic acids is 1. The van der Waals surface area contributed by atoms with E-state index in [0.717, 1.165) is 6.42 Å². The van der Waals surface area contributed by atoms with Gasteiger partial charge in [-0.3, -0.25) is 14.5 Å². The molecule has 0 bridgehead atoms. The van der Waals surface area contributed by atoms with Crippen molar-refractivity contribution in [2.75, 3.05) is 13.1 Å². The molecule has 1 aliphatic carbocycles. The van der Waals surface area contributed by atoms with Crippen molar-refractivity contribution >= 4 is 11.9 Å². The zero-order valence-electron chi connectivity index (χ0n) is 8.27. The van der Waals surface area contributed by atoms with E-state index in [1.807, 2.05) is 11.8 Å². The molecule has 2 unspecified atom stereocenters. The van der Waals surface area contributed by atoms with Gasteiger partial charge in [0.15, 0.2) is 0 Å². The van der Waals surface area contributed by atoms with E-state index in [0.29, 0.717) is 13.0 Å². The highest BCUT2D eigenvalue weighted by molar-refractivity contribution is 5.76. The second-order valence-electron chi connectivity index (χ2n) is 3.62. The monoisotopic (exact) mass is 200 g/mol. The SMILES string of the molecule is CCN(CC(N)=O)C1CCC1C(=O)O. The summed E-state index contributed by atoms with van der Waals surface area (Å²) in [6, 6.07) is -0.00926. The van der Waals surface area contributed by atoms with Crippen LogP contribution < -0.4 is 5.73 Å². The topological polar surface area (TPSA) is 83.6 Å². The largest absolute Gasteiger partial charge is 0.481 e. The molecule has 3 N–H and O–H groups in total. The van der Waals surface area contributed by atoms with E-state index in [1.165, 1.54) is 0 Å². The summed E-state index contributed by atoms with van der Waals surface area (Å²) >= 11 is 0. The van der Waals surface area contributed by atoms with E-state index in [1.54, 1.807) is 0 Å². The lowest BCUT2D eigenvalue weighted by Crippen LogP contribution is -2.52. The van der Waals surface area contributed by atoms with Crippen LogP contribution in [0.4, 0.5) is 0 Å².